The molecule has 0 unspecified atom stereocenters. The Kier molecular flexibility index (Phi) is 5.95. The van der Waals surface area contributed by atoms with Gasteiger partial charge in [0.2, 0.25) is 0 Å². The first kappa shape index (κ1) is 18.4. The average molecular weight is 342 g/mol. The largest absolute Gasteiger partial charge is 0.459 e. The number of epoxide rings is 1. The fourth-order valence-electron chi connectivity index (χ4n) is 2.74. The summed E-state index contributed by atoms with van der Waals surface area (Å²) in [6.45, 7) is 4.08. The lowest BCUT2D eigenvalue weighted by atomic mass is 10.00. The van der Waals surface area contributed by atoms with Gasteiger partial charge in [0, 0.05) is 32.8 Å². The maximum absolute atomic E-state index is 11.2. The van der Waals surface area contributed by atoms with E-state index in [1.807, 2.05) is 0 Å². The third-order valence-corrected chi connectivity index (χ3v) is 3.86. The molecule has 0 radical (unpaired) electrons. The van der Waals surface area contributed by atoms with Crippen LogP contribution in [0.1, 0.15) is 33.6 Å². The van der Waals surface area contributed by atoms with Gasteiger partial charge in [0.1, 0.15) is 30.5 Å². The second kappa shape index (κ2) is 7.76. The fraction of sp³-hybridized carbons (Fsp3) is 0.688. The summed E-state index contributed by atoms with van der Waals surface area (Å²) in [6, 6.07) is 0. The zero-order valence-corrected chi connectivity index (χ0v) is 13.8. The Balaban J connectivity index is 1.89. The van der Waals surface area contributed by atoms with Gasteiger partial charge in [0.15, 0.2) is 0 Å². The minimum Gasteiger partial charge on any atom is -0.459 e. The van der Waals surface area contributed by atoms with Crippen LogP contribution in [-0.4, -0.2) is 59.6 Å². The molecule has 0 aromatic carbocycles. The molecule has 24 heavy (non-hydrogen) atoms. The zero-order chi connectivity index (χ0) is 17.9. The number of esters is 3. The van der Waals surface area contributed by atoms with Crippen molar-refractivity contribution in [2.24, 2.45) is 0 Å². The van der Waals surface area contributed by atoms with Crippen molar-refractivity contribution < 1.29 is 38.4 Å². The second-order valence-electron chi connectivity index (χ2n) is 5.94. The van der Waals surface area contributed by atoms with Gasteiger partial charge in [-0.15, -0.1) is 0 Å². The fourth-order valence-corrected chi connectivity index (χ4v) is 2.74. The van der Waals surface area contributed by atoms with Gasteiger partial charge in [-0.1, -0.05) is 6.08 Å². The third kappa shape index (κ3) is 5.04. The van der Waals surface area contributed by atoms with Crippen LogP contribution in [0.15, 0.2) is 12.2 Å². The van der Waals surface area contributed by atoms with Crippen molar-refractivity contribution in [3.05, 3.63) is 12.2 Å². The molecule has 8 nitrogen and oxygen atoms in total. The van der Waals surface area contributed by atoms with Crippen LogP contribution < -0.4 is 0 Å². The van der Waals surface area contributed by atoms with Gasteiger partial charge in [0.05, 0.1) is 6.10 Å². The molecule has 0 bridgehead atoms. The number of hydrogen-bond acceptors (Lipinski definition) is 8. The van der Waals surface area contributed by atoms with E-state index in [0.29, 0.717) is 6.42 Å². The van der Waals surface area contributed by atoms with Gasteiger partial charge in [-0.2, -0.15) is 0 Å². The molecule has 0 aromatic heterocycles. The number of carbonyl (C=O) groups is 3. The highest BCUT2D eigenvalue weighted by molar-refractivity contribution is 5.82. The van der Waals surface area contributed by atoms with Crippen molar-refractivity contribution in [1.29, 1.82) is 0 Å². The van der Waals surface area contributed by atoms with E-state index < -0.39 is 54.5 Å². The van der Waals surface area contributed by atoms with Gasteiger partial charge in [-0.25, -0.2) is 4.79 Å². The molecule has 6 atom stereocenters. The summed E-state index contributed by atoms with van der Waals surface area (Å²) in [5.41, 5.74) is 0. The summed E-state index contributed by atoms with van der Waals surface area (Å²) >= 11 is 0. The van der Waals surface area contributed by atoms with E-state index in [9.17, 15) is 19.5 Å². The molecular weight excluding hydrogens is 320 g/mol. The first-order valence-electron chi connectivity index (χ1n) is 7.83. The molecule has 1 fully saturated rings. The van der Waals surface area contributed by atoms with Gasteiger partial charge < -0.3 is 24.1 Å². The first-order valence-corrected chi connectivity index (χ1v) is 7.83. The molecular formula is C16H22O8. The lowest BCUT2D eigenvalue weighted by Crippen LogP contribution is -2.37. The van der Waals surface area contributed by atoms with Crippen LogP contribution in [0.4, 0.5) is 0 Å². The standard InChI is InChI=1S/C16H22O8/c1-8(21-9(2)17)13(22-10(3)18)7-11(19)15-16(24-15)12-5-4-6-14(20)23-12/h4,6,8,11-13,15-16,19H,5,7H2,1-3H3/t8-,11-,12+,13-,15-,16+/m0/s1. The van der Waals surface area contributed by atoms with Crippen molar-refractivity contribution in [3.8, 4) is 0 Å². The highest BCUT2D eigenvalue weighted by Gasteiger charge is 2.51. The Morgan fingerprint density at radius 2 is 2.00 bits per heavy atom. The molecule has 2 rings (SSSR count). The van der Waals surface area contributed by atoms with Crippen LogP contribution in [0.2, 0.25) is 0 Å². The molecule has 134 valence electrons. The van der Waals surface area contributed by atoms with Crippen molar-refractivity contribution in [3.63, 3.8) is 0 Å². The second-order valence-corrected chi connectivity index (χ2v) is 5.94. The van der Waals surface area contributed by atoms with Gasteiger partial charge >= 0.3 is 17.9 Å². The Bertz CT molecular complexity index is 528. The minimum absolute atomic E-state index is 0.0473. The van der Waals surface area contributed by atoms with Crippen LogP contribution in [0.25, 0.3) is 0 Å². The summed E-state index contributed by atoms with van der Waals surface area (Å²) < 4.78 is 20.7. The summed E-state index contributed by atoms with van der Waals surface area (Å²) in [4.78, 5) is 33.5. The van der Waals surface area contributed by atoms with E-state index in [2.05, 4.69) is 0 Å². The summed E-state index contributed by atoms with van der Waals surface area (Å²) in [5.74, 6) is -1.47. The first-order chi connectivity index (χ1) is 11.3. The van der Waals surface area contributed by atoms with E-state index >= 15 is 0 Å². The Morgan fingerprint density at radius 1 is 1.33 bits per heavy atom. The molecule has 0 saturated carbocycles. The van der Waals surface area contributed by atoms with Crippen molar-refractivity contribution >= 4 is 17.9 Å². The molecule has 0 aliphatic carbocycles. The van der Waals surface area contributed by atoms with Gasteiger partial charge in [-0.05, 0) is 6.92 Å². The highest BCUT2D eigenvalue weighted by Crippen LogP contribution is 2.35. The van der Waals surface area contributed by atoms with E-state index in [4.69, 9.17) is 18.9 Å². The molecule has 2 aliphatic heterocycles. The lowest BCUT2D eigenvalue weighted by molar-refractivity contribution is -0.166. The number of aliphatic hydroxyl groups is 1. The molecule has 0 aromatic rings. The molecule has 1 N–H and O–H groups in total. The van der Waals surface area contributed by atoms with Crippen LogP contribution in [0.3, 0.4) is 0 Å². The smallest absolute Gasteiger partial charge is 0.330 e. The topological polar surface area (TPSA) is 112 Å². The van der Waals surface area contributed by atoms with Gasteiger partial charge in [0.25, 0.3) is 0 Å². The Labute approximate surface area is 139 Å². The number of cyclic esters (lactones) is 1. The van der Waals surface area contributed by atoms with Crippen molar-refractivity contribution in [2.75, 3.05) is 0 Å². The molecule has 8 heteroatoms. The molecule has 2 heterocycles. The van der Waals surface area contributed by atoms with Crippen LogP contribution in [-0.2, 0) is 33.3 Å². The predicted octanol–water partition coefficient (Wildman–Crippen LogP) is 0.260. The van der Waals surface area contributed by atoms with Crippen LogP contribution in [0.5, 0.6) is 0 Å². The Morgan fingerprint density at radius 3 is 2.58 bits per heavy atom. The summed E-state index contributed by atoms with van der Waals surface area (Å²) in [6.07, 6.45) is -0.153. The Hall–Kier alpha value is -1.93. The zero-order valence-electron chi connectivity index (χ0n) is 13.8. The molecule has 1 saturated heterocycles. The van der Waals surface area contributed by atoms with Crippen LogP contribution >= 0.6 is 0 Å². The van der Waals surface area contributed by atoms with Crippen molar-refractivity contribution in [1.82, 2.24) is 0 Å². The molecule has 0 spiro atoms. The molecule has 0 amide bonds. The normalized spacial score (nSPS) is 29.2. The maximum atomic E-state index is 11.2. The summed E-state index contributed by atoms with van der Waals surface area (Å²) in [5, 5.41) is 10.3. The van der Waals surface area contributed by atoms with E-state index in [0.717, 1.165) is 0 Å². The minimum atomic E-state index is -0.943. The maximum Gasteiger partial charge on any atom is 0.330 e. The molecule has 2 aliphatic rings. The van der Waals surface area contributed by atoms with E-state index in [-0.39, 0.29) is 6.42 Å². The number of hydrogen-bond donors (Lipinski definition) is 1. The lowest BCUT2D eigenvalue weighted by Gasteiger charge is -2.25. The SMILES string of the molecule is CC(=O)O[C@@H](C)[C@H](C[C@H](O)[C@@H]1O[C@@H]1[C@H]1CC=CC(=O)O1)OC(C)=O. The predicted molar refractivity (Wildman–Crippen MR) is 79.7 cm³/mol. The summed E-state index contributed by atoms with van der Waals surface area (Å²) in [7, 11) is 0. The van der Waals surface area contributed by atoms with E-state index in [1.165, 1.54) is 19.9 Å². The van der Waals surface area contributed by atoms with Crippen LogP contribution in [0, 0.1) is 0 Å². The number of ether oxygens (including phenoxy) is 4. The average Bonchev–Trinajstić information content (AvgIpc) is 3.25. The monoisotopic (exact) mass is 342 g/mol. The number of carbonyl (C=O) groups excluding carboxylic acids is 3. The van der Waals surface area contributed by atoms with Crippen molar-refractivity contribution in [2.45, 2.75) is 70.2 Å². The number of rotatable bonds is 7. The highest BCUT2D eigenvalue weighted by atomic mass is 16.6. The van der Waals surface area contributed by atoms with E-state index in [1.54, 1.807) is 13.0 Å². The quantitative estimate of drug-likeness (QED) is 0.398. The third-order valence-electron chi connectivity index (χ3n) is 3.86. The number of aliphatic hydroxyl groups excluding tert-OH is 1. The van der Waals surface area contributed by atoms with Gasteiger partial charge in [-0.3, -0.25) is 9.59 Å².